The Morgan fingerprint density at radius 2 is 1.96 bits per heavy atom. The monoisotopic (exact) mass is 346 g/mol. The molecular formula is C15H20F2N2O3S. The number of hydrogen-bond donors (Lipinski definition) is 0. The molecule has 2 unspecified atom stereocenters. The van der Waals surface area contributed by atoms with Gasteiger partial charge in [-0.05, 0) is 32.0 Å². The van der Waals surface area contributed by atoms with E-state index in [1.807, 2.05) is 11.9 Å². The van der Waals surface area contributed by atoms with Gasteiger partial charge in [-0.15, -0.1) is 0 Å². The van der Waals surface area contributed by atoms with Gasteiger partial charge in [0.15, 0.2) is 0 Å². The van der Waals surface area contributed by atoms with E-state index < -0.39 is 26.6 Å². The molecule has 0 aliphatic carbocycles. The molecular weight excluding hydrogens is 326 g/mol. The molecule has 2 aliphatic rings. The van der Waals surface area contributed by atoms with Crippen molar-refractivity contribution in [1.29, 1.82) is 0 Å². The van der Waals surface area contributed by atoms with Gasteiger partial charge in [-0.2, -0.15) is 4.31 Å². The molecule has 2 atom stereocenters. The number of likely N-dealkylation sites (tertiary alicyclic amines) is 1. The number of benzene rings is 1. The van der Waals surface area contributed by atoms with Crippen molar-refractivity contribution in [3.05, 3.63) is 29.3 Å². The van der Waals surface area contributed by atoms with Crippen LogP contribution < -0.4 is 0 Å². The molecule has 128 valence electrons. The Balaban J connectivity index is 2.00. The third kappa shape index (κ3) is 3.00. The van der Waals surface area contributed by atoms with E-state index in [1.54, 1.807) is 0 Å². The van der Waals surface area contributed by atoms with Gasteiger partial charge in [0, 0.05) is 25.7 Å². The zero-order valence-electron chi connectivity index (χ0n) is 13.1. The molecule has 0 N–H and O–H groups in total. The van der Waals surface area contributed by atoms with Gasteiger partial charge in [-0.25, -0.2) is 17.2 Å². The number of halogens is 2. The summed E-state index contributed by atoms with van der Waals surface area (Å²) in [6, 6.07) is 1.35. The van der Waals surface area contributed by atoms with Crippen LogP contribution in [0.3, 0.4) is 0 Å². The highest BCUT2D eigenvalue weighted by atomic mass is 32.2. The zero-order chi connectivity index (χ0) is 16.8. The molecule has 2 fully saturated rings. The van der Waals surface area contributed by atoms with E-state index >= 15 is 0 Å². The van der Waals surface area contributed by atoms with Crippen molar-refractivity contribution in [2.24, 2.45) is 0 Å². The number of aryl methyl sites for hydroxylation is 1. The quantitative estimate of drug-likeness (QED) is 0.812. The van der Waals surface area contributed by atoms with Crippen molar-refractivity contribution >= 4 is 10.0 Å². The second-order valence-electron chi connectivity index (χ2n) is 6.18. The molecule has 1 aromatic carbocycles. The molecule has 8 heteroatoms. The number of morpholine rings is 1. The van der Waals surface area contributed by atoms with E-state index in [2.05, 4.69) is 0 Å². The predicted molar refractivity (Wildman–Crippen MR) is 80.6 cm³/mol. The van der Waals surface area contributed by atoms with Crippen LogP contribution in [0.1, 0.15) is 12.0 Å². The summed E-state index contributed by atoms with van der Waals surface area (Å²) >= 11 is 0. The predicted octanol–water partition coefficient (Wildman–Crippen LogP) is 1.37. The molecule has 3 rings (SSSR count). The molecule has 5 nitrogen and oxygen atoms in total. The molecule has 23 heavy (non-hydrogen) atoms. The normalized spacial score (nSPS) is 27.0. The van der Waals surface area contributed by atoms with Crippen LogP contribution in [0.4, 0.5) is 8.78 Å². The third-order valence-corrected chi connectivity index (χ3v) is 6.48. The van der Waals surface area contributed by atoms with E-state index in [4.69, 9.17) is 4.74 Å². The second kappa shape index (κ2) is 6.08. The summed E-state index contributed by atoms with van der Waals surface area (Å²) in [5.74, 6) is -1.81. The summed E-state index contributed by atoms with van der Waals surface area (Å²) in [6.45, 7) is 3.24. The maximum Gasteiger partial charge on any atom is 0.246 e. The van der Waals surface area contributed by atoms with Crippen LogP contribution in [-0.4, -0.2) is 63.1 Å². The topological polar surface area (TPSA) is 49.9 Å². The Morgan fingerprint density at radius 3 is 2.70 bits per heavy atom. The lowest BCUT2D eigenvalue weighted by Gasteiger charge is -2.45. The van der Waals surface area contributed by atoms with E-state index in [0.717, 1.165) is 19.0 Å². The first-order valence-electron chi connectivity index (χ1n) is 7.58. The number of sulfonamides is 1. The average Bonchev–Trinajstić information content (AvgIpc) is 2.50. The largest absolute Gasteiger partial charge is 0.375 e. The van der Waals surface area contributed by atoms with Crippen molar-refractivity contribution in [2.75, 3.05) is 33.3 Å². The molecule has 2 aliphatic heterocycles. The van der Waals surface area contributed by atoms with Gasteiger partial charge < -0.3 is 9.64 Å². The lowest BCUT2D eigenvalue weighted by molar-refractivity contribution is -0.0720. The maximum absolute atomic E-state index is 14.1. The number of likely N-dealkylation sites (N-methyl/N-ethyl adjacent to an activating group) is 1. The fraction of sp³-hybridized carbons (Fsp3) is 0.600. The maximum atomic E-state index is 14.1. The molecule has 0 radical (unpaired) electrons. The SMILES string of the molecule is Cc1cc(S(=O)(=O)N2CCOC3CCN(C)CC32)c(F)cc1F. The Bertz CT molecular complexity index is 711. The smallest absolute Gasteiger partial charge is 0.246 e. The van der Waals surface area contributed by atoms with Crippen molar-refractivity contribution in [1.82, 2.24) is 9.21 Å². The van der Waals surface area contributed by atoms with Crippen LogP contribution in [0, 0.1) is 18.6 Å². The molecule has 2 heterocycles. The van der Waals surface area contributed by atoms with E-state index in [9.17, 15) is 17.2 Å². The first-order chi connectivity index (χ1) is 10.8. The van der Waals surface area contributed by atoms with Crippen LogP contribution in [0.2, 0.25) is 0 Å². The number of ether oxygens (including phenoxy) is 1. The van der Waals surface area contributed by atoms with E-state index in [0.29, 0.717) is 12.6 Å². The van der Waals surface area contributed by atoms with Crippen molar-refractivity contribution in [2.45, 2.75) is 30.4 Å². The van der Waals surface area contributed by atoms with Crippen molar-refractivity contribution < 1.29 is 21.9 Å². The number of nitrogens with zero attached hydrogens (tertiary/aromatic N) is 2. The number of rotatable bonds is 2. The minimum atomic E-state index is -4.04. The van der Waals surface area contributed by atoms with Crippen molar-refractivity contribution in [3.63, 3.8) is 0 Å². The van der Waals surface area contributed by atoms with Crippen LogP contribution in [0.15, 0.2) is 17.0 Å². The average molecular weight is 346 g/mol. The van der Waals surface area contributed by atoms with E-state index in [1.165, 1.54) is 11.2 Å². The van der Waals surface area contributed by atoms with Gasteiger partial charge in [-0.3, -0.25) is 0 Å². The highest BCUT2D eigenvalue weighted by Crippen LogP contribution is 2.30. The van der Waals surface area contributed by atoms with Crippen LogP contribution in [0.5, 0.6) is 0 Å². The molecule has 0 saturated carbocycles. The molecule has 0 aromatic heterocycles. The summed E-state index contributed by atoms with van der Waals surface area (Å²) in [6.07, 6.45) is 0.553. The summed E-state index contributed by atoms with van der Waals surface area (Å²) in [7, 11) is -2.13. The fourth-order valence-corrected chi connectivity index (χ4v) is 5.01. The lowest BCUT2D eigenvalue weighted by atomic mass is 10.0. The standard InChI is InChI=1S/C15H20F2N2O3S/c1-10-7-15(12(17)8-11(10)16)23(20,21)19-5-6-22-14-3-4-18(2)9-13(14)19/h7-8,13-14H,3-6,9H2,1-2H3. The second-order valence-corrected chi connectivity index (χ2v) is 8.03. The van der Waals surface area contributed by atoms with Crippen LogP contribution >= 0.6 is 0 Å². The number of piperidine rings is 1. The summed E-state index contributed by atoms with van der Waals surface area (Å²) in [4.78, 5) is 1.57. The molecule has 0 amide bonds. The summed E-state index contributed by atoms with van der Waals surface area (Å²) in [5, 5.41) is 0. The van der Waals surface area contributed by atoms with Gasteiger partial charge in [0.25, 0.3) is 0 Å². The minimum Gasteiger partial charge on any atom is -0.375 e. The Morgan fingerprint density at radius 1 is 1.22 bits per heavy atom. The molecule has 0 spiro atoms. The molecule has 0 bridgehead atoms. The lowest BCUT2D eigenvalue weighted by Crippen LogP contribution is -2.60. The van der Waals surface area contributed by atoms with Gasteiger partial charge in [-0.1, -0.05) is 0 Å². The summed E-state index contributed by atoms with van der Waals surface area (Å²) in [5.41, 5.74) is 0.107. The van der Waals surface area contributed by atoms with Gasteiger partial charge in [0.2, 0.25) is 10.0 Å². The first kappa shape index (κ1) is 16.8. The van der Waals surface area contributed by atoms with Gasteiger partial charge >= 0.3 is 0 Å². The van der Waals surface area contributed by atoms with Crippen LogP contribution in [0.25, 0.3) is 0 Å². The summed E-state index contributed by atoms with van der Waals surface area (Å²) < 4.78 is 60.4. The Hall–Kier alpha value is -1.09. The zero-order valence-corrected chi connectivity index (χ0v) is 13.9. The highest BCUT2D eigenvalue weighted by molar-refractivity contribution is 7.89. The number of fused-ring (bicyclic) bond motifs is 1. The third-order valence-electron chi connectivity index (χ3n) is 4.54. The van der Waals surface area contributed by atoms with E-state index in [-0.39, 0.29) is 30.9 Å². The minimum absolute atomic E-state index is 0.107. The molecule has 1 aromatic rings. The Labute approximate surface area is 134 Å². The molecule has 2 saturated heterocycles. The first-order valence-corrected chi connectivity index (χ1v) is 9.02. The fourth-order valence-electron chi connectivity index (χ4n) is 3.25. The highest BCUT2D eigenvalue weighted by Gasteiger charge is 2.43. The Kier molecular flexibility index (Phi) is 4.43. The van der Waals surface area contributed by atoms with Gasteiger partial charge in [0.1, 0.15) is 16.5 Å². The van der Waals surface area contributed by atoms with Crippen molar-refractivity contribution in [3.8, 4) is 0 Å². The van der Waals surface area contributed by atoms with Crippen LogP contribution in [-0.2, 0) is 14.8 Å². The number of hydrogen-bond acceptors (Lipinski definition) is 4. The van der Waals surface area contributed by atoms with Gasteiger partial charge in [0.05, 0.1) is 18.8 Å².